The largest absolute Gasteiger partial charge is 0.462 e. The highest BCUT2D eigenvalue weighted by molar-refractivity contribution is 5.91. The molecule has 0 aromatic rings. The van der Waals surface area contributed by atoms with E-state index >= 15 is 0 Å². The first kappa shape index (κ1) is 34.1. The summed E-state index contributed by atoms with van der Waals surface area (Å²) in [7, 11) is 0. The normalized spacial score (nSPS) is 23.4. The summed E-state index contributed by atoms with van der Waals surface area (Å²) < 4.78 is 11.8. The first-order chi connectivity index (χ1) is 18.0. The monoisotopic (exact) mass is 550 g/mol. The van der Waals surface area contributed by atoms with E-state index in [2.05, 4.69) is 79.0 Å². The second-order valence-electron chi connectivity index (χ2n) is 14.9. The summed E-state index contributed by atoms with van der Waals surface area (Å²) in [4.78, 5) is 30.9. The van der Waals surface area contributed by atoms with Crippen molar-refractivity contribution in [3.05, 3.63) is 0 Å². The lowest BCUT2D eigenvalue weighted by molar-refractivity contribution is -0.171. The Hall–Kier alpha value is -1.14. The van der Waals surface area contributed by atoms with E-state index in [4.69, 9.17) is 9.47 Å². The van der Waals surface area contributed by atoms with Crippen molar-refractivity contribution in [2.24, 2.45) is 0 Å². The summed E-state index contributed by atoms with van der Waals surface area (Å²) >= 11 is 0. The number of hydrogen-bond acceptors (Lipinski definition) is 6. The molecule has 0 N–H and O–H groups in total. The predicted octanol–water partition coefficient (Wildman–Crippen LogP) is 7.67. The van der Waals surface area contributed by atoms with E-state index in [0.29, 0.717) is 0 Å². The fraction of sp³-hybridized carbons (Fsp3) is 0.939. The van der Waals surface area contributed by atoms with Gasteiger partial charge in [-0.25, -0.2) is 0 Å². The second kappa shape index (κ2) is 14.2. The Bertz CT molecular complexity index is 689. The van der Waals surface area contributed by atoms with E-state index < -0.39 is 11.9 Å². The Morgan fingerprint density at radius 1 is 0.564 bits per heavy atom. The SMILES string of the molecule is CCCCCCN1C(C)(C)CC(OC(=O)CC(=O)OC2CC(C)(C)N(CCCCCC)C(C)(C)C2)CC1(C)C. The van der Waals surface area contributed by atoms with Gasteiger partial charge in [-0.1, -0.05) is 52.4 Å². The molecule has 0 saturated carbocycles. The fourth-order valence-electron chi connectivity index (χ4n) is 7.80. The van der Waals surface area contributed by atoms with E-state index in [1.54, 1.807) is 0 Å². The molecule has 39 heavy (non-hydrogen) atoms. The summed E-state index contributed by atoms with van der Waals surface area (Å²) in [5.41, 5.74) is -0.273. The molecule has 6 nitrogen and oxygen atoms in total. The number of carbonyl (C=O) groups excluding carboxylic acids is 2. The molecule has 0 aromatic carbocycles. The number of hydrogen-bond donors (Lipinski definition) is 0. The van der Waals surface area contributed by atoms with Crippen LogP contribution in [0.4, 0.5) is 0 Å². The average Bonchev–Trinajstić information content (AvgIpc) is 2.75. The van der Waals surface area contributed by atoms with Crippen molar-refractivity contribution < 1.29 is 19.1 Å². The van der Waals surface area contributed by atoms with Gasteiger partial charge in [0.2, 0.25) is 0 Å². The number of nitrogens with zero attached hydrogens (tertiary/aromatic N) is 2. The van der Waals surface area contributed by atoms with Crippen LogP contribution in [0.3, 0.4) is 0 Å². The number of likely N-dealkylation sites (tertiary alicyclic amines) is 2. The molecule has 0 atom stereocenters. The number of piperidine rings is 2. The molecule has 228 valence electrons. The Balaban J connectivity index is 1.88. The standard InChI is InChI=1S/C33H62N2O4/c1-11-13-15-17-19-34-30(3,4)22-26(23-31(34,5)6)38-28(36)21-29(37)39-27-24-32(7,8)35(33(9,10)25-27)20-18-16-14-12-2/h26-27H,11-25H2,1-10H3. The molecule has 2 aliphatic rings. The van der Waals surface area contributed by atoms with Crippen LogP contribution in [0, 0.1) is 0 Å². The summed E-state index contributed by atoms with van der Waals surface area (Å²) in [5, 5.41) is 0. The molecule has 2 fully saturated rings. The number of carbonyl (C=O) groups is 2. The van der Waals surface area contributed by atoms with Gasteiger partial charge in [-0.3, -0.25) is 19.4 Å². The fourth-order valence-corrected chi connectivity index (χ4v) is 7.80. The van der Waals surface area contributed by atoms with Crippen molar-refractivity contribution in [3.8, 4) is 0 Å². The lowest BCUT2D eigenvalue weighted by Crippen LogP contribution is -2.62. The minimum absolute atomic E-state index is 0.0684. The van der Waals surface area contributed by atoms with Crippen LogP contribution in [0.25, 0.3) is 0 Å². The minimum Gasteiger partial charge on any atom is -0.462 e. The van der Waals surface area contributed by atoms with Gasteiger partial charge >= 0.3 is 11.9 Å². The zero-order valence-corrected chi connectivity index (χ0v) is 27.3. The molecule has 0 radical (unpaired) electrons. The zero-order chi connectivity index (χ0) is 29.5. The van der Waals surface area contributed by atoms with E-state index in [-0.39, 0.29) is 40.8 Å². The Morgan fingerprint density at radius 2 is 0.872 bits per heavy atom. The van der Waals surface area contributed by atoms with Crippen molar-refractivity contribution in [2.45, 2.75) is 187 Å². The van der Waals surface area contributed by atoms with Crippen molar-refractivity contribution in [2.75, 3.05) is 13.1 Å². The van der Waals surface area contributed by atoms with Crippen LogP contribution in [-0.2, 0) is 19.1 Å². The summed E-state index contributed by atoms with van der Waals surface area (Å²) in [5.74, 6) is -0.917. The number of ether oxygens (including phenoxy) is 2. The molecular weight excluding hydrogens is 488 g/mol. The third kappa shape index (κ3) is 10.0. The number of unbranched alkanes of at least 4 members (excludes halogenated alkanes) is 6. The van der Waals surface area contributed by atoms with Gasteiger partial charge in [0.15, 0.2) is 0 Å². The molecule has 2 heterocycles. The van der Waals surface area contributed by atoms with Crippen LogP contribution < -0.4 is 0 Å². The van der Waals surface area contributed by atoms with Gasteiger partial charge in [0.25, 0.3) is 0 Å². The molecule has 0 aromatic heterocycles. The summed E-state index contributed by atoms with van der Waals surface area (Å²) in [6.07, 6.45) is 12.4. The van der Waals surface area contributed by atoms with Gasteiger partial charge in [-0.2, -0.15) is 0 Å². The second-order valence-corrected chi connectivity index (χ2v) is 14.9. The average molecular weight is 551 g/mol. The highest BCUT2D eigenvalue weighted by Crippen LogP contribution is 2.41. The van der Waals surface area contributed by atoms with Gasteiger partial charge in [0, 0.05) is 47.8 Å². The lowest BCUT2D eigenvalue weighted by atomic mass is 9.78. The Kier molecular flexibility index (Phi) is 12.4. The molecular formula is C33H62N2O4. The van der Waals surface area contributed by atoms with Gasteiger partial charge in [0.05, 0.1) is 0 Å². The molecule has 0 bridgehead atoms. The molecule has 2 rings (SSSR count). The molecule has 2 aliphatic heterocycles. The molecule has 0 spiro atoms. The molecule has 0 aliphatic carbocycles. The van der Waals surface area contributed by atoms with Crippen LogP contribution in [0.5, 0.6) is 0 Å². The first-order valence-corrected chi connectivity index (χ1v) is 16.0. The summed E-state index contributed by atoms with van der Waals surface area (Å²) in [6.45, 7) is 24.6. The van der Waals surface area contributed by atoms with Gasteiger partial charge in [-0.15, -0.1) is 0 Å². The van der Waals surface area contributed by atoms with Crippen molar-refractivity contribution in [1.82, 2.24) is 9.80 Å². The van der Waals surface area contributed by atoms with E-state index in [1.165, 1.54) is 51.4 Å². The van der Waals surface area contributed by atoms with Crippen molar-refractivity contribution in [3.63, 3.8) is 0 Å². The topological polar surface area (TPSA) is 59.1 Å². The van der Waals surface area contributed by atoms with Crippen LogP contribution >= 0.6 is 0 Å². The maximum Gasteiger partial charge on any atom is 0.317 e. The zero-order valence-electron chi connectivity index (χ0n) is 27.3. The van der Waals surface area contributed by atoms with Crippen LogP contribution in [0.1, 0.15) is 153 Å². The Morgan fingerprint density at radius 3 is 1.15 bits per heavy atom. The van der Waals surface area contributed by atoms with Crippen molar-refractivity contribution >= 4 is 11.9 Å². The van der Waals surface area contributed by atoms with E-state index in [0.717, 1.165) is 38.8 Å². The van der Waals surface area contributed by atoms with E-state index in [1.807, 2.05) is 0 Å². The number of esters is 2. The predicted molar refractivity (Wildman–Crippen MR) is 161 cm³/mol. The molecule has 2 saturated heterocycles. The highest BCUT2D eigenvalue weighted by atomic mass is 16.6. The maximum absolute atomic E-state index is 12.8. The maximum atomic E-state index is 12.8. The third-order valence-corrected chi connectivity index (χ3v) is 9.19. The third-order valence-electron chi connectivity index (χ3n) is 9.19. The summed E-state index contributed by atoms with van der Waals surface area (Å²) in [6, 6.07) is 0. The van der Waals surface area contributed by atoms with Crippen molar-refractivity contribution in [1.29, 1.82) is 0 Å². The molecule has 0 unspecified atom stereocenters. The van der Waals surface area contributed by atoms with Crippen LogP contribution in [0.2, 0.25) is 0 Å². The highest BCUT2D eigenvalue weighted by Gasteiger charge is 2.47. The lowest BCUT2D eigenvalue weighted by Gasteiger charge is -2.55. The van der Waals surface area contributed by atoms with E-state index in [9.17, 15) is 9.59 Å². The van der Waals surface area contributed by atoms with Gasteiger partial charge in [0.1, 0.15) is 18.6 Å². The Labute approximate surface area is 240 Å². The van der Waals surface area contributed by atoms with Gasteiger partial charge in [-0.05, 0) is 81.3 Å². The molecule has 6 heteroatoms. The smallest absolute Gasteiger partial charge is 0.317 e. The first-order valence-electron chi connectivity index (χ1n) is 16.0. The quantitative estimate of drug-likeness (QED) is 0.126. The minimum atomic E-state index is -0.458. The van der Waals surface area contributed by atoms with Crippen LogP contribution in [-0.4, -0.2) is 69.2 Å². The van der Waals surface area contributed by atoms with Crippen LogP contribution in [0.15, 0.2) is 0 Å². The molecule has 0 amide bonds. The number of rotatable bonds is 14. The van der Waals surface area contributed by atoms with Gasteiger partial charge < -0.3 is 9.47 Å².